The lowest BCUT2D eigenvalue weighted by atomic mass is 10.1. The number of hydrogen-bond acceptors (Lipinski definition) is 3. The summed E-state index contributed by atoms with van der Waals surface area (Å²) in [7, 11) is 1.59. The summed E-state index contributed by atoms with van der Waals surface area (Å²) < 4.78 is 5.23. The normalized spacial score (nSPS) is 11.8. The molecule has 0 heterocycles. The molecule has 4 heteroatoms. The van der Waals surface area contributed by atoms with Crippen molar-refractivity contribution in [2.45, 2.75) is 19.9 Å². The fourth-order valence-corrected chi connectivity index (χ4v) is 2.03. The Balaban J connectivity index is 2.14. The van der Waals surface area contributed by atoms with Crippen LogP contribution in [0.25, 0.3) is 0 Å². The largest absolute Gasteiger partial charge is 0.496 e. The number of benzene rings is 2. The Kier molecular flexibility index (Phi) is 4.60. The summed E-state index contributed by atoms with van der Waals surface area (Å²) in [5.74, 6) is 0.539. The topological polar surface area (TPSA) is 64.3 Å². The molecule has 0 saturated carbocycles. The van der Waals surface area contributed by atoms with E-state index in [1.165, 1.54) is 0 Å². The number of amides is 1. The van der Waals surface area contributed by atoms with Crippen LogP contribution in [0.15, 0.2) is 42.5 Å². The zero-order chi connectivity index (χ0) is 15.4. The lowest BCUT2D eigenvalue weighted by Gasteiger charge is -2.10. The van der Waals surface area contributed by atoms with Crippen LogP contribution < -0.4 is 15.8 Å². The first kappa shape index (κ1) is 15.1. The molecule has 0 aliphatic heterocycles. The average Bonchev–Trinajstić information content (AvgIpc) is 2.48. The SMILES string of the molecule is COc1cc(C(=O)Nc2ccc(C(C)N)cc2)ccc1C. The molecule has 3 N–H and O–H groups in total. The molecule has 1 amide bonds. The minimum atomic E-state index is -0.165. The number of rotatable bonds is 4. The van der Waals surface area contributed by atoms with Crippen molar-refractivity contribution < 1.29 is 9.53 Å². The van der Waals surface area contributed by atoms with Gasteiger partial charge in [0.1, 0.15) is 5.75 Å². The Hall–Kier alpha value is -2.33. The van der Waals surface area contributed by atoms with E-state index >= 15 is 0 Å². The summed E-state index contributed by atoms with van der Waals surface area (Å²) in [6.45, 7) is 3.86. The van der Waals surface area contributed by atoms with Crippen molar-refractivity contribution in [3.63, 3.8) is 0 Å². The Morgan fingerprint density at radius 1 is 1.19 bits per heavy atom. The molecule has 0 saturated heterocycles. The van der Waals surface area contributed by atoms with E-state index in [0.717, 1.165) is 16.8 Å². The number of carbonyl (C=O) groups is 1. The summed E-state index contributed by atoms with van der Waals surface area (Å²) in [5, 5.41) is 2.86. The molecular weight excluding hydrogens is 264 g/mol. The highest BCUT2D eigenvalue weighted by Gasteiger charge is 2.09. The van der Waals surface area contributed by atoms with Gasteiger partial charge in [0.05, 0.1) is 7.11 Å². The summed E-state index contributed by atoms with van der Waals surface area (Å²) in [5.41, 5.74) is 9.13. The fourth-order valence-electron chi connectivity index (χ4n) is 2.03. The van der Waals surface area contributed by atoms with Crippen molar-refractivity contribution in [2.75, 3.05) is 12.4 Å². The monoisotopic (exact) mass is 284 g/mol. The van der Waals surface area contributed by atoms with E-state index in [9.17, 15) is 4.79 Å². The number of ether oxygens (including phenoxy) is 1. The maximum atomic E-state index is 12.2. The molecule has 110 valence electrons. The first-order chi connectivity index (χ1) is 10.0. The van der Waals surface area contributed by atoms with Crippen molar-refractivity contribution in [3.05, 3.63) is 59.2 Å². The molecule has 2 rings (SSSR count). The fraction of sp³-hybridized carbons (Fsp3) is 0.235. The highest BCUT2D eigenvalue weighted by Crippen LogP contribution is 2.20. The number of nitrogens with two attached hydrogens (primary N) is 1. The van der Waals surface area contributed by atoms with Gasteiger partial charge in [-0.3, -0.25) is 4.79 Å². The van der Waals surface area contributed by atoms with Crippen LogP contribution in [0.4, 0.5) is 5.69 Å². The predicted molar refractivity (Wildman–Crippen MR) is 84.7 cm³/mol. The number of carbonyl (C=O) groups excluding carboxylic acids is 1. The second-order valence-electron chi connectivity index (χ2n) is 5.05. The predicted octanol–water partition coefficient (Wildman–Crippen LogP) is 3.28. The van der Waals surface area contributed by atoms with Gasteiger partial charge in [-0.1, -0.05) is 18.2 Å². The van der Waals surface area contributed by atoms with Gasteiger partial charge in [0.15, 0.2) is 0 Å². The van der Waals surface area contributed by atoms with Gasteiger partial charge in [0.2, 0.25) is 0 Å². The molecule has 0 bridgehead atoms. The van der Waals surface area contributed by atoms with Crippen molar-refractivity contribution in [1.29, 1.82) is 0 Å². The highest BCUT2D eigenvalue weighted by molar-refractivity contribution is 6.04. The van der Waals surface area contributed by atoms with Crippen LogP contribution in [0.3, 0.4) is 0 Å². The molecule has 1 unspecified atom stereocenters. The quantitative estimate of drug-likeness (QED) is 0.905. The summed E-state index contributed by atoms with van der Waals surface area (Å²) in [6.07, 6.45) is 0. The first-order valence-corrected chi connectivity index (χ1v) is 6.83. The highest BCUT2D eigenvalue weighted by atomic mass is 16.5. The Morgan fingerprint density at radius 3 is 2.43 bits per heavy atom. The van der Waals surface area contributed by atoms with Gasteiger partial charge in [-0.25, -0.2) is 0 Å². The second-order valence-corrected chi connectivity index (χ2v) is 5.05. The molecule has 21 heavy (non-hydrogen) atoms. The first-order valence-electron chi connectivity index (χ1n) is 6.83. The molecule has 4 nitrogen and oxygen atoms in total. The van der Waals surface area contributed by atoms with E-state index in [1.807, 2.05) is 44.2 Å². The van der Waals surface area contributed by atoms with E-state index in [2.05, 4.69) is 5.32 Å². The lowest BCUT2D eigenvalue weighted by molar-refractivity contribution is 0.102. The van der Waals surface area contributed by atoms with E-state index in [4.69, 9.17) is 10.5 Å². The maximum absolute atomic E-state index is 12.2. The van der Waals surface area contributed by atoms with Crippen molar-refractivity contribution in [2.24, 2.45) is 5.73 Å². The van der Waals surface area contributed by atoms with Crippen molar-refractivity contribution in [3.8, 4) is 5.75 Å². The van der Waals surface area contributed by atoms with Gasteiger partial charge in [0, 0.05) is 17.3 Å². The Labute approximate surface area is 124 Å². The standard InChI is InChI=1S/C17H20N2O2/c1-11-4-5-14(10-16(11)21-3)17(20)19-15-8-6-13(7-9-15)12(2)18/h4-10,12H,18H2,1-3H3,(H,19,20). The van der Waals surface area contributed by atoms with Crippen LogP contribution in [-0.4, -0.2) is 13.0 Å². The van der Waals surface area contributed by atoms with Gasteiger partial charge in [-0.15, -0.1) is 0 Å². The Bertz CT molecular complexity index is 634. The van der Waals surface area contributed by atoms with Gasteiger partial charge in [0.25, 0.3) is 5.91 Å². The molecular formula is C17H20N2O2. The van der Waals surface area contributed by atoms with Crippen LogP contribution in [0, 0.1) is 6.92 Å². The van der Waals surface area contributed by atoms with E-state index in [-0.39, 0.29) is 11.9 Å². The van der Waals surface area contributed by atoms with Crippen molar-refractivity contribution >= 4 is 11.6 Å². The molecule has 0 fully saturated rings. The number of methoxy groups -OCH3 is 1. The van der Waals surface area contributed by atoms with Crippen LogP contribution in [0.1, 0.15) is 34.5 Å². The molecule has 0 radical (unpaired) electrons. The number of anilines is 1. The van der Waals surface area contributed by atoms with E-state index in [0.29, 0.717) is 11.3 Å². The molecule has 0 aliphatic rings. The number of hydrogen-bond donors (Lipinski definition) is 2. The van der Waals surface area contributed by atoms with Crippen LogP contribution in [-0.2, 0) is 0 Å². The summed E-state index contributed by atoms with van der Waals surface area (Å²) in [6, 6.07) is 12.9. The number of nitrogens with one attached hydrogen (secondary N) is 1. The lowest BCUT2D eigenvalue weighted by Crippen LogP contribution is -2.12. The minimum Gasteiger partial charge on any atom is -0.496 e. The van der Waals surface area contributed by atoms with Gasteiger partial charge in [-0.2, -0.15) is 0 Å². The molecule has 2 aromatic carbocycles. The minimum absolute atomic E-state index is 0.0175. The zero-order valence-corrected chi connectivity index (χ0v) is 12.5. The molecule has 0 spiro atoms. The van der Waals surface area contributed by atoms with Crippen LogP contribution >= 0.6 is 0 Å². The number of aryl methyl sites for hydroxylation is 1. The second kappa shape index (κ2) is 6.41. The smallest absolute Gasteiger partial charge is 0.255 e. The van der Waals surface area contributed by atoms with Gasteiger partial charge < -0.3 is 15.8 Å². The van der Waals surface area contributed by atoms with Gasteiger partial charge in [-0.05, 0) is 49.2 Å². The zero-order valence-electron chi connectivity index (χ0n) is 12.5. The Morgan fingerprint density at radius 2 is 1.86 bits per heavy atom. The third-order valence-corrected chi connectivity index (χ3v) is 3.36. The van der Waals surface area contributed by atoms with Crippen LogP contribution in [0.2, 0.25) is 0 Å². The third kappa shape index (κ3) is 3.61. The average molecular weight is 284 g/mol. The molecule has 2 aromatic rings. The molecule has 0 aromatic heterocycles. The molecule has 1 atom stereocenters. The third-order valence-electron chi connectivity index (χ3n) is 3.36. The van der Waals surface area contributed by atoms with Gasteiger partial charge >= 0.3 is 0 Å². The molecule has 0 aliphatic carbocycles. The van der Waals surface area contributed by atoms with E-state index < -0.39 is 0 Å². The summed E-state index contributed by atoms with van der Waals surface area (Å²) >= 11 is 0. The maximum Gasteiger partial charge on any atom is 0.255 e. The van der Waals surface area contributed by atoms with E-state index in [1.54, 1.807) is 19.2 Å². The van der Waals surface area contributed by atoms with Crippen molar-refractivity contribution in [1.82, 2.24) is 0 Å². The summed E-state index contributed by atoms with van der Waals surface area (Å²) in [4.78, 5) is 12.2. The van der Waals surface area contributed by atoms with Crippen LogP contribution in [0.5, 0.6) is 5.75 Å².